The van der Waals surface area contributed by atoms with E-state index >= 15 is 0 Å². The van der Waals surface area contributed by atoms with Crippen LogP contribution in [0.5, 0.6) is 0 Å². The van der Waals surface area contributed by atoms with Gasteiger partial charge in [-0.3, -0.25) is 0 Å². The molecule has 19 heavy (non-hydrogen) atoms. The van der Waals surface area contributed by atoms with E-state index in [0.29, 0.717) is 43.4 Å². The first-order valence-electron chi connectivity index (χ1n) is 5.98. The van der Waals surface area contributed by atoms with E-state index in [1.807, 2.05) is 0 Å². The van der Waals surface area contributed by atoms with Crippen LogP contribution in [0.1, 0.15) is 37.2 Å². The summed E-state index contributed by atoms with van der Waals surface area (Å²) in [6.07, 6.45) is 2.15. The summed E-state index contributed by atoms with van der Waals surface area (Å²) in [5.41, 5.74) is 0.623. The lowest BCUT2D eigenvalue weighted by molar-refractivity contribution is 0.122. The average Bonchev–Trinajstić information content (AvgIpc) is 2.27. The van der Waals surface area contributed by atoms with Crippen LogP contribution in [0.2, 0.25) is 0 Å². The van der Waals surface area contributed by atoms with Crippen LogP contribution in [0.3, 0.4) is 0 Å². The molecule has 0 atom stereocenters. The molecule has 2 rings (SSSR count). The zero-order chi connectivity index (χ0) is 14.4. The summed E-state index contributed by atoms with van der Waals surface area (Å²) in [6, 6.07) is 3.16. The van der Waals surface area contributed by atoms with Crippen LogP contribution in [0.25, 0.3) is 0 Å². The van der Waals surface area contributed by atoms with E-state index in [9.17, 15) is 24.5 Å². The third-order valence-electron chi connectivity index (χ3n) is 3.49. The molecule has 0 saturated heterocycles. The third kappa shape index (κ3) is 3.60. The first kappa shape index (κ1) is 14.6. The fourth-order valence-corrected chi connectivity index (χ4v) is 3.06. The van der Waals surface area contributed by atoms with E-state index in [0.717, 1.165) is 12.1 Å². The molecule has 1 fully saturated rings. The Balaban J connectivity index is 2.21. The van der Waals surface area contributed by atoms with Crippen molar-refractivity contribution in [3.63, 3.8) is 0 Å². The van der Waals surface area contributed by atoms with Crippen molar-refractivity contribution in [2.45, 2.75) is 42.6 Å². The number of benzene rings is 1. The van der Waals surface area contributed by atoms with Crippen molar-refractivity contribution in [1.29, 1.82) is 0 Å². The highest BCUT2D eigenvalue weighted by atomic mass is 32.5. The maximum atomic E-state index is 12.5. The summed E-state index contributed by atoms with van der Waals surface area (Å²) in [5, 5.41) is 9.35. The molecule has 110 valence electrons. The van der Waals surface area contributed by atoms with Crippen LogP contribution < -0.4 is 0 Å². The van der Waals surface area contributed by atoms with Gasteiger partial charge in [-0.2, -0.15) is 0 Å². The number of halogens is 5. The second-order valence-electron chi connectivity index (χ2n) is 5.04. The van der Waals surface area contributed by atoms with E-state index < -0.39 is 15.1 Å². The predicted molar refractivity (Wildman–Crippen MR) is 65.1 cm³/mol. The molecule has 0 radical (unpaired) electrons. The van der Waals surface area contributed by atoms with Crippen molar-refractivity contribution in [3.8, 4) is 0 Å². The summed E-state index contributed by atoms with van der Waals surface area (Å²) in [7, 11) is -9.56. The molecule has 0 aliphatic heterocycles. The first-order valence-corrected chi connectivity index (χ1v) is 7.93. The van der Waals surface area contributed by atoms with Gasteiger partial charge in [0.2, 0.25) is 0 Å². The zero-order valence-electron chi connectivity index (χ0n) is 10.0. The highest BCUT2D eigenvalue weighted by Gasteiger charge is 2.65. The Labute approximate surface area is 108 Å². The van der Waals surface area contributed by atoms with E-state index in [1.54, 1.807) is 0 Å². The number of hydrogen-bond acceptors (Lipinski definition) is 1. The zero-order valence-corrected chi connectivity index (χ0v) is 10.9. The van der Waals surface area contributed by atoms with Crippen molar-refractivity contribution < 1.29 is 24.5 Å². The molecule has 0 aromatic heterocycles. The normalized spacial score (nSPS) is 28.5. The lowest BCUT2D eigenvalue weighted by atomic mass is 9.83. The van der Waals surface area contributed by atoms with E-state index in [4.69, 9.17) is 0 Å². The molecule has 0 spiro atoms. The molecule has 1 nitrogen and oxygen atoms in total. The molecule has 1 aromatic carbocycles. The van der Waals surface area contributed by atoms with Crippen LogP contribution in [-0.2, 0) is 0 Å². The average molecular weight is 302 g/mol. The second-order valence-corrected chi connectivity index (χ2v) is 7.45. The van der Waals surface area contributed by atoms with Gasteiger partial charge >= 0.3 is 10.2 Å². The molecule has 0 amide bonds. The van der Waals surface area contributed by atoms with Gasteiger partial charge in [-0.1, -0.05) is 31.6 Å². The molecule has 1 aliphatic rings. The first-order chi connectivity index (χ1) is 8.45. The topological polar surface area (TPSA) is 20.2 Å². The largest absolute Gasteiger partial charge is 0.393 e. The Morgan fingerprint density at radius 3 is 1.74 bits per heavy atom. The van der Waals surface area contributed by atoms with Crippen LogP contribution in [0, 0.1) is 0 Å². The highest BCUT2D eigenvalue weighted by molar-refractivity contribution is 8.45. The number of rotatable bonds is 2. The van der Waals surface area contributed by atoms with Gasteiger partial charge in [-0.15, -0.1) is 0 Å². The fourth-order valence-electron chi connectivity index (χ4n) is 2.41. The van der Waals surface area contributed by atoms with Gasteiger partial charge in [0.25, 0.3) is 0 Å². The molecule has 0 unspecified atom stereocenters. The van der Waals surface area contributed by atoms with Crippen LogP contribution >= 0.6 is 10.2 Å². The monoisotopic (exact) mass is 302 g/mol. The van der Waals surface area contributed by atoms with Crippen LogP contribution in [0.15, 0.2) is 29.2 Å². The maximum Gasteiger partial charge on any atom is 0.310 e. The van der Waals surface area contributed by atoms with Crippen molar-refractivity contribution in [3.05, 3.63) is 29.8 Å². The molecule has 7 heteroatoms. The highest BCUT2D eigenvalue weighted by Crippen LogP contribution is 3.02. The van der Waals surface area contributed by atoms with Crippen molar-refractivity contribution >= 4 is 10.2 Å². The molecular formula is C12H15F5OS. The Morgan fingerprint density at radius 2 is 1.32 bits per heavy atom. The fraction of sp³-hybridized carbons (Fsp3) is 0.500. The molecule has 1 aromatic rings. The Kier molecular flexibility index (Phi) is 2.96. The van der Waals surface area contributed by atoms with Crippen LogP contribution in [0.4, 0.5) is 19.4 Å². The SMILES string of the molecule is OC1CCC(c2ccc(S(F)(F)(F)(F)F)cc2)CC1. The molecule has 1 N–H and O–H groups in total. The van der Waals surface area contributed by atoms with Gasteiger partial charge in [0.1, 0.15) is 4.90 Å². The third-order valence-corrected chi connectivity index (χ3v) is 4.66. The van der Waals surface area contributed by atoms with Crippen LogP contribution in [-0.4, -0.2) is 11.2 Å². The molecule has 0 heterocycles. The Hall–Kier alpha value is -0.820. The minimum absolute atomic E-state index is 0.0379. The van der Waals surface area contributed by atoms with Crippen molar-refractivity contribution in [1.82, 2.24) is 0 Å². The van der Waals surface area contributed by atoms with Gasteiger partial charge in [0.05, 0.1) is 6.10 Å². The second kappa shape index (κ2) is 3.85. The Morgan fingerprint density at radius 1 is 0.842 bits per heavy atom. The molecular weight excluding hydrogens is 287 g/mol. The summed E-state index contributed by atoms with van der Waals surface area (Å²) in [4.78, 5) is -1.85. The number of aliphatic hydroxyl groups is 1. The summed E-state index contributed by atoms with van der Waals surface area (Å²) in [6.45, 7) is 0. The molecule has 0 bridgehead atoms. The molecule has 1 saturated carbocycles. The molecule has 1 aliphatic carbocycles. The van der Waals surface area contributed by atoms with Gasteiger partial charge in [0, 0.05) is 0 Å². The lowest BCUT2D eigenvalue weighted by Crippen LogP contribution is -2.17. The Bertz CT molecular complexity index is 459. The van der Waals surface area contributed by atoms with E-state index in [-0.39, 0.29) is 12.0 Å². The van der Waals surface area contributed by atoms with Gasteiger partial charge < -0.3 is 5.11 Å². The lowest BCUT2D eigenvalue weighted by Gasteiger charge is -2.40. The van der Waals surface area contributed by atoms with E-state index in [2.05, 4.69) is 0 Å². The van der Waals surface area contributed by atoms with Crippen molar-refractivity contribution in [2.75, 3.05) is 0 Å². The minimum atomic E-state index is -9.56. The predicted octanol–water partition coefficient (Wildman–Crippen LogP) is 5.36. The summed E-state index contributed by atoms with van der Waals surface area (Å²) < 4.78 is 62.7. The smallest absolute Gasteiger partial charge is 0.310 e. The number of hydrogen-bond donors (Lipinski definition) is 1. The van der Waals surface area contributed by atoms with Gasteiger partial charge in [0.15, 0.2) is 0 Å². The standard InChI is InChI=1S/C12H15F5OS/c13-19(14,15,16,17)12-7-3-10(4-8-12)9-1-5-11(18)6-2-9/h3-4,7-9,11,18H,1-2,5-6H2. The van der Waals surface area contributed by atoms with Gasteiger partial charge in [-0.05, 0) is 49.3 Å². The van der Waals surface area contributed by atoms with Crippen molar-refractivity contribution in [2.24, 2.45) is 0 Å². The number of aliphatic hydroxyl groups excluding tert-OH is 1. The van der Waals surface area contributed by atoms with E-state index in [1.165, 1.54) is 0 Å². The maximum absolute atomic E-state index is 12.5. The summed E-state index contributed by atoms with van der Waals surface area (Å²) in [5.74, 6) is 0.0379. The minimum Gasteiger partial charge on any atom is -0.393 e. The summed E-state index contributed by atoms with van der Waals surface area (Å²) >= 11 is 0. The van der Waals surface area contributed by atoms with Gasteiger partial charge in [-0.25, -0.2) is 0 Å². The quantitative estimate of drug-likeness (QED) is 0.729.